The Morgan fingerprint density at radius 3 is 2.62 bits per heavy atom. The number of rotatable bonds is 4. The SMILES string of the molecule is CCOc1cccc(F)c1C(F)(F)C(=O)O. The van der Waals surface area contributed by atoms with Gasteiger partial charge in [0, 0.05) is 0 Å². The maximum atomic E-state index is 13.2. The van der Waals surface area contributed by atoms with E-state index in [4.69, 9.17) is 9.84 Å². The van der Waals surface area contributed by atoms with Gasteiger partial charge < -0.3 is 9.84 Å². The molecule has 1 aromatic carbocycles. The smallest absolute Gasteiger partial charge is 0.379 e. The van der Waals surface area contributed by atoms with Gasteiger partial charge in [0.05, 0.1) is 6.61 Å². The van der Waals surface area contributed by atoms with Gasteiger partial charge >= 0.3 is 11.9 Å². The van der Waals surface area contributed by atoms with E-state index in [0.717, 1.165) is 12.1 Å². The van der Waals surface area contributed by atoms with E-state index in [0.29, 0.717) is 0 Å². The van der Waals surface area contributed by atoms with Crippen molar-refractivity contribution in [2.75, 3.05) is 6.61 Å². The van der Waals surface area contributed by atoms with Crippen molar-refractivity contribution in [1.82, 2.24) is 0 Å². The van der Waals surface area contributed by atoms with Crippen molar-refractivity contribution in [2.45, 2.75) is 12.8 Å². The summed E-state index contributed by atoms with van der Waals surface area (Å²) in [6.45, 7) is 1.56. The fourth-order valence-electron chi connectivity index (χ4n) is 1.19. The Hall–Kier alpha value is -1.72. The van der Waals surface area contributed by atoms with Crippen LogP contribution in [0.5, 0.6) is 5.75 Å². The van der Waals surface area contributed by atoms with Crippen molar-refractivity contribution in [3.05, 3.63) is 29.6 Å². The lowest BCUT2D eigenvalue weighted by Gasteiger charge is -2.16. The van der Waals surface area contributed by atoms with Crippen LogP contribution in [0.25, 0.3) is 0 Å². The van der Waals surface area contributed by atoms with E-state index in [-0.39, 0.29) is 6.61 Å². The van der Waals surface area contributed by atoms with E-state index in [1.165, 1.54) is 13.0 Å². The Balaban J connectivity index is 3.35. The first-order valence-corrected chi connectivity index (χ1v) is 4.44. The summed E-state index contributed by atoms with van der Waals surface area (Å²) in [6.07, 6.45) is 0. The van der Waals surface area contributed by atoms with Crippen LogP contribution in [0.15, 0.2) is 18.2 Å². The summed E-state index contributed by atoms with van der Waals surface area (Å²) in [4.78, 5) is 10.4. The van der Waals surface area contributed by atoms with E-state index in [2.05, 4.69) is 0 Å². The van der Waals surface area contributed by atoms with E-state index in [9.17, 15) is 18.0 Å². The second-order valence-corrected chi connectivity index (χ2v) is 2.93. The van der Waals surface area contributed by atoms with E-state index in [1.54, 1.807) is 0 Å². The van der Waals surface area contributed by atoms with Crippen LogP contribution in [0.2, 0.25) is 0 Å². The normalized spacial score (nSPS) is 11.2. The van der Waals surface area contributed by atoms with Crippen molar-refractivity contribution in [3.8, 4) is 5.75 Å². The summed E-state index contributed by atoms with van der Waals surface area (Å²) < 4.78 is 44.4. The molecule has 0 heterocycles. The molecule has 16 heavy (non-hydrogen) atoms. The molecule has 0 bridgehead atoms. The Bertz CT molecular complexity index is 404. The van der Waals surface area contributed by atoms with Crippen LogP contribution in [0.4, 0.5) is 13.2 Å². The molecule has 0 aliphatic heterocycles. The van der Waals surface area contributed by atoms with Crippen LogP contribution in [0.3, 0.4) is 0 Å². The number of halogens is 3. The second-order valence-electron chi connectivity index (χ2n) is 2.93. The van der Waals surface area contributed by atoms with Crippen molar-refractivity contribution in [2.24, 2.45) is 0 Å². The second kappa shape index (κ2) is 4.42. The lowest BCUT2D eigenvalue weighted by Crippen LogP contribution is -2.27. The maximum Gasteiger partial charge on any atom is 0.379 e. The molecule has 0 spiro atoms. The molecule has 0 saturated carbocycles. The molecule has 0 fully saturated rings. The standard InChI is InChI=1S/C10H9F3O3/c1-2-16-7-5-3-4-6(11)8(7)10(12,13)9(14)15/h3-5H,2H2,1H3,(H,14,15). The quantitative estimate of drug-likeness (QED) is 0.870. The molecule has 88 valence electrons. The van der Waals surface area contributed by atoms with E-state index >= 15 is 0 Å². The van der Waals surface area contributed by atoms with Crippen LogP contribution in [0, 0.1) is 5.82 Å². The third-order valence-electron chi connectivity index (χ3n) is 1.86. The number of alkyl halides is 2. The molecular formula is C10H9F3O3. The zero-order valence-corrected chi connectivity index (χ0v) is 8.34. The van der Waals surface area contributed by atoms with Crippen LogP contribution in [0.1, 0.15) is 12.5 Å². The molecule has 0 radical (unpaired) electrons. The average Bonchev–Trinajstić information content (AvgIpc) is 2.17. The van der Waals surface area contributed by atoms with Crippen molar-refractivity contribution in [3.63, 3.8) is 0 Å². The van der Waals surface area contributed by atoms with E-state index in [1.807, 2.05) is 0 Å². The highest BCUT2D eigenvalue weighted by Gasteiger charge is 2.46. The number of hydrogen-bond donors (Lipinski definition) is 1. The summed E-state index contributed by atoms with van der Waals surface area (Å²) in [5, 5.41) is 8.34. The Morgan fingerprint density at radius 2 is 2.12 bits per heavy atom. The molecule has 1 N–H and O–H groups in total. The Labute approximate surface area is 89.5 Å². The van der Waals surface area contributed by atoms with Gasteiger partial charge in [-0.05, 0) is 19.1 Å². The molecule has 0 aliphatic carbocycles. The van der Waals surface area contributed by atoms with Crippen LogP contribution < -0.4 is 4.74 Å². The van der Waals surface area contributed by atoms with Gasteiger partial charge in [-0.15, -0.1) is 0 Å². The van der Waals surface area contributed by atoms with Crippen LogP contribution in [-0.4, -0.2) is 17.7 Å². The summed E-state index contributed by atoms with van der Waals surface area (Å²) in [5.74, 6) is -8.50. The molecule has 0 saturated heterocycles. The number of ether oxygens (including phenoxy) is 1. The molecule has 0 amide bonds. The lowest BCUT2D eigenvalue weighted by atomic mass is 10.1. The fraction of sp³-hybridized carbons (Fsp3) is 0.300. The fourth-order valence-corrected chi connectivity index (χ4v) is 1.19. The van der Waals surface area contributed by atoms with Gasteiger partial charge in [-0.1, -0.05) is 6.07 Å². The van der Waals surface area contributed by atoms with Gasteiger partial charge in [-0.2, -0.15) is 8.78 Å². The van der Waals surface area contributed by atoms with Crippen molar-refractivity contribution in [1.29, 1.82) is 0 Å². The largest absolute Gasteiger partial charge is 0.493 e. The molecule has 3 nitrogen and oxygen atoms in total. The summed E-state index contributed by atoms with van der Waals surface area (Å²) in [6, 6.07) is 3.02. The summed E-state index contributed by atoms with van der Waals surface area (Å²) >= 11 is 0. The predicted octanol–water partition coefficient (Wildman–Crippen LogP) is 2.40. The summed E-state index contributed by atoms with van der Waals surface area (Å²) in [5.41, 5.74) is -1.25. The van der Waals surface area contributed by atoms with Gasteiger partial charge in [0.15, 0.2) is 0 Å². The number of carboxylic acids is 1. The van der Waals surface area contributed by atoms with Crippen LogP contribution in [-0.2, 0) is 10.7 Å². The predicted molar refractivity (Wildman–Crippen MR) is 49.1 cm³/mol. The van der Waals surface area contributed by atoms with Gasteiger partial charge in [0.25, 0.3) is 0 Å². The molecular weight excluding hydrogens is 225 g/mol. The number of carboxylic acid groups (broad SMARTS) is 1. The minimum absolute atomic E-state index is 0.0339. The third kappa shape index (κ3) is 2.10. The first-order chi connectivity index (χ1) is 7.41. The molecule has 0 aromatic heterocycles. The molecule has 0 unspecified atom stereocenters. The highest BCUT2D eigenvalue weighted by molar-refractivity contribution is 5.78. The summed E-state index contributed by atoms with van der Waals surface area (Å²) in [7, 11) is 0. The van der Waals surface area contributed by atoms with Gasteiger partial charge in [0.2, 0.25) is 0 Å². The lowest BCUT2D eigenvalue weighted by molar-refractivity contribution is -0.167. The third-order valence-corrected chi connectivity index (χ3v) is 1.86. The van der Waals surface area contributed by atoms with Gasteiger partial charge in [-0.25, -0.2) is 9.18 Å². The van der Waals surface area contributed by atoms with Crippen LogP contribution >= 0.6 is 0 Å². The average molecular weight is 234 g/mol. The number of carbonyl (C=O) groups is 1. The highest BCUT2D eigenvalue weighted by atomic mass is 19.3. The van der Waals surface area contributed by atoms with Gasteiger partial charge in [0.1, 0.15) is 17.1 Å². The monoisotopic (exact) mass is 234 g/mol. The number of aliphatic carboxylic acids is 1. The molecule has 1 rings (SSSR count). The first-order valence-electron chi connectivity index (χ1n) is 4.44. The molecule has 6 heteroatoms. The first kappa shape index (κ1) is 12.4. The Morgan fingerprint density at radius 1 is 1.50 bits per heavy atom. The minimum atomic E-state index is -4.31. The molecule has 1 aromatic rings. The zero-order chi connectivity index (χ0) is 12.3. The zero-order valence-electron chi connectivity index (χ0n) is 8.34. The van der Waals surface area contributed by atoms with E-state index < -0.39 is 29.0 Å². The Kier molecular flexibility index (Phi) is 3.41. The molecule has 0 atom stereocenters. The maximum absolute atomic E-state index is 13.2. The van der Waals surface area contributed by atoms with Crippen molar-refractivity contribution < 1.29 is 27.8 Å². The van der Waals surface area contributed by atoms with Gasteiger partial charge in [-0.3, -0.25) is 0 Å². The van der Waals surface area contributed by atoms with Crippen molar-refractivity contribution >= 4 is 5.97 Å². The minimum Gasteiger partial charge on any atom is -0.493 e. The highest BCUT2D eigenvalue weighted by Crippen LogP contribution is 2.37. The molecule has 0 aliphatic rings. The number of hydrogen-bond acceptors (Lipinski definition) is 2. The number of benzene rings is 1. The topological polar surface area (TPSA) is 46.5 Å².